The summed E-state index contributed by atoms with van der Waals surface area (Å²) in [4.78, 5) is 38.8. The van der Waals surface area contributed by atoms with Crippen LogP contribution in [0.4, 0.5) is 4.39 Å². The fourth-order valence-electron chi connectivity index (χ4n) is 3.28. The molecule has 0 N–H and O–H groups in total. The molecule has 0 radical (unpaired) electrons. The highest BCUT2D eigenvalue weighted by Gasteiger charge is 2.44. The lowest BCUT2D eigenvalue weighted by atomic mass is 9.92. The van der Waals surface area contributed by atoms with Crippen molar-refractivity contribution in [2.75, 3.05) is 13.1 Å². The van der Waals surface area contributed by atoms with E-state index in [2.05, 4.69) is 0 Å². The number of ketones is 2. The van der Waals surface area contributed by atoms with Crippen LogP contribution in [0.25, 0.3) is 0 Å². The average molecular weight is 385 g/mol. The Morgan fingerprint density at radius 1 is 1.21 bits per heavy atom. The van der Waals surface area contributed by atoms with Gasteiger partial charge in [-0.25, -0.2) is 4.39 Å². The number of furan rings is 1. The number of carbonyl (C=O) groups is 3. The second kappa shape index (κ2) is 7.34. The zero-order chi connectivity index (χ0) is 20.6. The van der Waals surface area contributed by atoms with Gasteiger partial charge in [0.25, 0.3) is 5.91 Å². The highest BCUT2D eigenvalue weighted by atomic mass is 19.1. The van der Waals surface area contributed by atoms with E-state index in [1.165, 1.54) is 17.0 Å². The molecule has 1 amide bonds. The van der Waals surface area contributed by atoms with Gasteiger partial charge in [0.2, 0.25) is 11.6 Å². The molecule has 0 aliphatic carbocycles. The lowest BCUT2D eigenvalue weighted by molar-refractivity contribution is -0.140. The minimum atomic E-state index is -1.04. The van der Waals surface area contributed by atoms with Crippen LogP contribution in [0, 0.1) is 11.7 Å². The van der Waals surface area contributed by atoms with Crippen molar-refractivity contribution in [3.63, 3.8) is 0 Å². The van der Waals surface area contributed by atoms with E-state index in [4.69, 9.17) is 4.42 Å². The molecule has 28 heavy (non-hydrogen) atoms. The standard InChI is InChI=1S/C22H24FNO4/c1-5-24-12-16(19(26)21(24)27)18(25)20-14(11-17(28-20)22(2,3)4)10-13-6-8-15(23)9-7-13/h6-9,11,16H,5,10,12H2,1-4H3. The zero-order valence-corrected chi connectivity index (χ0v) is 16.5. The summed E-state index contributed by atoms with van der Waals surface area (Å²) in [7, 11) is 0. The van der Waals surface area contributed by atoms with Crippen LogP contribution in [0.15, 0.2) is 34.7 Å². The Morgan fingerprint density at radius 2 is 1.86 bits per heavy atom. The molecule has 1 atom stereocenters. The number of benzene rings is 1. The Morgan fingerprint density at radius 3 is 2.39 bits per heavy atom. The van der Waals surface area contributed by atoms with E-state index in [-0.39, 0.29) is 23.5 Å². The summed E-state index contributed by atoms with van der Waals surface area (Å²) in [6, 6.07) is 7.84. The second-order valence-electron chi connectivity index (χ2n) is 8.14. The smallest absolute Gasteiger partial charge is 0.290 e. The predicted octanol–water partition coefficient (Wildman–Crippen LogP) is 3.54. The van der Waals surface area contributed by atoms with Gasteiger partial charge in [-0.3, -0.25) is 14.4 Å². The summed E-state index contributed by atoms with van der Waals surface area (Å²) in [6.45, 7) is 8.11. The topological polar surface area (TPSA) is 67.6 Å². The van der Waals surface area contributed by atoms with Gasteiger partial charge in [-0.15, -0.1) is 0 Å². The summed E-state index contributed by atoms with van der Waals surface area (Å²) >= 11 is 0. The van der Waals surface area contributed by atoms with Gasteiger partial charge in [0.15, 0.2) is 5.76 Å². The van der Waals surface area contributed by atoms with E-state index in [9.17, 15) is 18.8 Å². The third-order valence-corrected chi connectivity index (χ3v) is 5.00. The maximum atomic E-state index is 13.2. The first-order valence-electron chi connectivity index (χ1n) is 9.36. The monoisotopic (exact) mass is 385 g/mol. The van der Waals surface area contributed by atoms with Crippen LogP contribution < -0.4 is 0 Å². The molecule has 1 unspecified atom stereocenters. The molecule has 1 saturated heterocycles. The number of rotatable bonds is 5. The van der Waals surface area contributed by atoms with Crippen LogP contribution in [0.3, 0.4) is 0 Å². The van der Waals surface area contributed by atoms with Crippen LogP contribution in [-0.4, -0.2) is 35.5 Å². The third kappa shape index (κ3) is 3.77. The normalized spacial score (nSPS) is 17.5. The van der Waals surface area contributed by atoms with Crippen molar-refractivity contribution in [3.8, 4) is 0 Å². The molecule has 6 heteroatoms. The molecule has 1 aromatic carbocycles. The van der Waals surface area contributed by atoms with Crippen LogP contribution in [0.1, 0.15) is 55.1 Å². The van der Waals surface area contributed by atoms with Gasteiger partial charge in [0, 0.05) is 30.5 Å². The zero-order valence-electron chi connectivity index (χ0n) is 16.5. The van der Waals surface area contributed by atoms with Crippen LogP contribution in [0.5, 0.6) is 0 Å². The SMILES string of the molecule is CCN1CC(C(=O)c2oc(C(C)(C)C)cc2Cc2ccc(F)cc2)C(=O)C1=O. The fraction of sp³-hybridized carbons (Fsp3) is 0.409. The number of halogens is 1. The van der Waals surface area contributed by atoms with Gasteiger partial charge in [-0.1, -0.05) is 32.9 Å². The van der Waals surface area contributed by atoms with Gasteiger partial charge in [0.1, 0.15) is 17.5 Å². The minimum absolute atomic E-state index is 0.0779. The number of hydrogen-bond donors (Lipinski definition) is 0. The summed E-state index contributed by atoms with van der Waals surface area (Å²) in [5.41, 5.74) is 1.12. The predicted molar refractivity (Wildman–Crippen MR) is 102 cm³/mol. The Hall–Kier alpha value is -2.76. The molecule has 1 aromatic heterocycles. The van der Waals surface area contributed by atoms with Crippen molar-refractivity contribution in [2.24, 2.45) is 5.92 Å². The van der Waals surface area contributed by atoms with Gasteiger partial charge < -0.3 is 9.32 Å². The largest absolute Gasteiger partial charge is 0.457 e. The van der Waals surface area contributed by atoms with Crippen molar-refractivity contribution in [2.45, 2.75) is 39.5 Å². The van der Waals surface area contributed by atoms with Crippen LogP contribution in [-0.2, 0) is 21.4 Å². The average Bonchev–Trinajstić information content (AvgIpc) is 3.19. The quantitative estimate of drug-likeness (QED) is 0.449. The number of hydrogen-bond acceptors (Lipinski definition) is 4. The molecular weight excluding hydrogens is 361 g/mol. The first-order chi connectivity index (χ1) is 13.1. The van der Waals surface area contributed by atoms with Crippen molar-refractivity contribution in [3.05, 3.63) is 58.8 Å². The van der Waals surface area contributed by atoms with Crippen molar-refractivity contribution < 1.29 is 23.2 Å². The molecule has 148 valence electrons. The van der Waals surface area contributed by atoms with Gasteiger partial charge in [0.05, 0.1) is 0 Å². The Labute approximate surface area is 163 Å². The first-order valence-corrected chi connectivity index (χ1v) is 9.36. The van der Waals surface area contributed by atoms with Crippen molar-refractivity contribution in [1.82, 2.24) is 4.90 Å². The first kappa shape index (κ1) is 20.0. The number of nitrogens with zero attached hydrogens (tertiary/aromatic N) is 1. The molecule has 0 spiro atoms. The Balaban J connectivity index is 1.98. The van der Waals surface area contributed by atoms with E-state index in [1.54, 1.807) is 19.1 Å². The van der Waals surface area contributed by atoms with E-state index >= 15 is 0 Å². The van der Waals surface area contributed by atoms with E-state index in [0.717, 1.165) is 5.56 Å². The third-order valence-electron chi connectivity index (χ3n) is 5.00. The van der Waals surface area contributed by atoms with E-state index in [0.29, 0.717) is 24.3 Å². The number of likely N-dealkylation sites (tertiary alicyclic amines) is 1. The maximum Gasteiger partial charge on any atom is 0.290 e. The molecule has 1 fully saturated rings. The number of likely N-dealkylation sites (N-methyl/N-ethyl adjacent to an activating group) is 1. The molecule has 5 nitrogen and oxygen atoms in total. The van der Waals surface area contributed by atoms with Crippen LogP contribution in [0.2, 0.25) is 0 Å². The fourth-order valence-corrected chi connectivity index (χ4v) is 3.28. The molecule has 0 saturated carbocycles. The van der Waals surface area contributed by atoms with Crippen molar-refractivity contribution >= 4 is 17.5 Å². The molecule has 1 aliphatic heterocycles. The van der Waals surface area contributed by atoms with Crippen molar-refractivity contribution in [1.29, 1.82) is 0 Å². The molecule has 2 heterocycles. The summed E-state index contributed by atoms with van der Waals surface area (Å²) in [5, 5.41) is 0. The summed E-state index contributed by atoms with van der Waals surface area (Å²) in [5.74, 6) is -2.43. The van der Waals surface area contributed by atoms with Crippen LogP contribution >= 0.6 is 0 Å². The summed E-state index contributed by atoms with van der Waals surface area (Å²) in [6.07, 6.45) is 0.368. The van der Waals surface area contributed by atoms with Gasteiger partial charge >= 0.3 is 0 Å². The molecule has 0 bridgehead atoms. The highest BCUT2D eigenvalue weighted by Crippen LogP contribution is 2.31. The maximum absolute atomic E-state index is 13.2. The van der Waals surface area contributed by atoms with E-state index < -0.39 is 23.4 Å². The molecular formula is C22H24FNO4. The lowest BCUT2D eigenvalue weighted by Crippen LogP contribution is -2.26. The number of amides is 1. The highest BCUT2D eigenvalue weighted by molar-refractivity contribution is 6.43. The second-order valence-corrected chi connectivity index (χ2v) is 8.14. The number of Topliss-reactive ketones (excluding diaryl/α,β-unsaturated/α-hetero) is 2. The Bertz CT molecular complexity index is 921. The minimum Gasteiger partial charge on any atom is -0.457 e. The molecule has 2 aromatic rings. The lowest BCUT2D eigenvalue weighted by Gasteiger charge is -2.14. The van der Waals surface area contributed by atoms with Gasteiger partial charge in [-0.05, 0) is 30.7 Å². The van der Waals surface area contributed by atoms with Gasteiger partial charge in [-0.2, -0.15) is 0 Å². The molecule has 3 rings (SSSR count). The molecule has 1 aliphatic rings. The Kier molecular flexibility index (Phi) is 5.24. The number of carbonyl (C=O) groups excluding carboxylic acids is 3. The van der Waals surface area contributed by atoms with E-state index in [1.807, 2.05) is 26.8 Å². The summed E-state index contributed by atoms with van der Waals surface area (Å²) < 4.78 is 19.1.